The number of hydrogen-bond acceptors (Lipinski definition) is 4. The second kappa shape index (κ2) is 6.39. The Bertz CT molecular complexity index is 745. The van der Waals surface area contributed by atoms with Crippen molar-refractivity contribution in [3.8, 4) is 0 Å². The summed E-state index contributed by atoms with van der Waals surface area (Å²) in [6.07, 6.45) is 4.89. The number of hydrogen-bond donors (Lipinski definition) is 0. The predicted molar refractivity (Wildman–Crippen MR) is 91.3 cm³/mol. The lowest BCUT2D eigenvalue weighted by Gasteiger charge is -2.34. The Morgan fingerprint density at radius 2 is 1.75 bits per heavy atom. The van der Waals surface area contributed by atoms with Gasteiger partial charge in [0.05, 0.1) is 22.3 Å². The summed E-state index contributed by atoms with van der Waals surface area (Å²) in [4.78, 5) is 29.6. The molecule has 2 aromatic heterocycles. The summed E-state index contributed by atoms with van der Waals surface area (Å²) in [5, 5.41) is 6.27. The highest BCUT2D eigenvalue weighted by atomic mass is 32.1. The molecule has 4 heterocycles. The molecule has 0 saturated carbocycles. The summed E-state index contributed by atoms with van der Waals surface area (Å²) in [7, 11) is 0. The van der Waals surface area contributed by atoms with Crippen LogP contribution in [0.3, 0.4) is 0 Å². The minimum absolute atomic E-state index is 0.0568. The molecule has 0 atom stereocenters. The molecular weight excluding hydrogens is 324 g/mol. The maximum absolute atomic E-state index is 12.8. The van der Waals surface area contributed by atoms with E-state index in [-0.39, 0.29) is 11.8 Å². The van der Waals surface area contributed by atoms with E-state index in [1.807, 2.05) is 32.0 Å². The number of carbonyl (C=O) groups is 2. The first-order chi connectivity index (χ1) is 11.7. The summed E-state index contributed by atoms with van der Waals surface area (Å²) in [5.74, 6) is 0.126. The van der Waals surface area contributed by atoms with Crippen LogP contribution in [0, 0.1) is 0 Å². The topological polar surface area (TPSA) is 58.4 Å². The Morgan fingerprint density at radius 1 is 1.00 bits per heavy atom. The van der Waals surface area contributed by atoms with Gasteiger partial charge in [-0.3, -0.25) is 14.3 Å². The first-order valence-corrected chi connectivity index (χ1v) is 9.29. The van der Waals surface area contributed by atoms with Crippen LogP contribution in [-0.4, -0.2) is 57.6 Å². The number of nitrogens with zero attached hydrogens (tertiary/aromatic N) is 4. The van der Waals surface area contributed by atoms with Crippen LogP contribution in [-0.2, 0) is 13.0 Å². The first-order valence-electron chi connectivity index (χ1n) is 8.41. The van der Waals surface area contributed by atoms with Crippen molar-refractivity contribution in [1.82, 2.24) is 19.6 Å². The molecule has 24 heavy (non-hydrogen) atoms. The van der Waals surface area contributed by atoms with Crippen LogP contribution in [0.15, 0.2) is 23.7 Å². The van der Waals surface area contributed by atoms with Crippen molar-refractivity contribution in [2.45, 2.75) is 25.8 Å². The summed E-state index contributed by atoms with van der Waals surface area (Å²) < 4.78 is 1.97. The van der Waals surface area contributed by atoms with Gasteiger partial charge in [0.1, 0.15) is 0 Å². The van der Waals surface area contributed by atoms with Crippen LogP contribution >= 0.6 is 11.3 Å². The Kier molecular flexibility index (Phi) is 4.10. The largest absolute Gasteiger partial charge is 0.335 e. The second-order valence-electron chi connectivity index (χ2n) is 6.25. The third kappa shape index (κ3) is 2.73. The van der Waals surface area contributed by atoms with E-state index in [0.717, 1.165) is 41.9 Å². The number of thiophene rings is 1. The predicted octanol–water partition coefficient (Wildman–Crippen LogP) is 1.88. The fourth-order valence-corrected chi connectivity index (χ4v) is 4.13. The number of carbonyl (C=O) groups excluding carboxylic acids is 2. The molecule has 126 valence electrons. The molecule has 7 heteroatoms. The maximum Gasteiger partial charge on any atom is 0.264 e. The van der Waals surface area contributed by atoms with Gasteiger partial charge in [0.15, 0.2) is 0 Å². The van der Waals surface area contributed by atoms with E-state index < -0.39 is 0 Å². The molecule has 2 amide bonds. The molecule has 2 aliphatic heterocycles. The maximum atomic E-state index is 12.8. The number of piperazine rings is 1. The highest BCUT2D eigenvalue weighted by Crippen LogP contribution is 2.21. The highest BCUT2D eigenvalue weighted by molar-refractivity contribution is 7.12. The molecule has 0 aliphatic carbocycles. The molecule has 1 fully saturated rings. The molecule has 1 saturated heterocycles. The van der Waals surface area contributed by atoms with E-state index in [9.17, 15) is 9.59 Å². The molecule has 6 nitrogen and oxygen atoms in total. The normalized spacial score (nSPS) is 17.7. The Morgan fingerprint density at radius 3 is 2.46 bits per heavy atom. The van der Waals surface area contributed by atoms with E-state index in [1.165, 1.54) is 11.3 Å². The van der Waals surface area contributed by atoms with Crippen LogP contribution in [0.4, 0.5) is 0 Å². The zero-order chi connectivity index (χ0) is 16.5. The van der Waals surface area contributed by atoms with Crippen molar-refractivity contribution >= 4 is 23.2 Å². The lowest BCUT2D eigenvalue weighted by Crippen LogP contribution is -2.50. The molecule has 0 aromatic carbocycles. The molecular formula is C17H20N4O2S. The van der Waals surface area contributed by atoms with Gasteiger partial charge in [-0.1, -0.05) is 6.07 Å². The van der Waals surface area contributed by atoms with Gasteiger partial charge in [-0.25, -0.2) is 0 Å². The minimum Gasteiger partial charge on any atom is -0.335 e. The molecule has 0 unspecified atom stereocenters. The van der Waals surface area contributed by atoms with Crippen LogP contribution in [0.5, 0.6) is 0 Å². The molecule has 0 bridgehead atoms. The molecule has 0 spiro atoms. The van der Waals surface area contributed by atoms with E-state index >= 15 is 0 Å². The van der Waals surface area contributed by atoms with E-state index in [2.05, 4.69) is 5.10 Å². The fourth-order valence-electron chi connectivity index (χ4n) is 3.44. The van der Waals surface area contributed by atoms with Crippen LogP contribution < -0.4 is 0 Å². The van der Waals surface area contributed by atoms with Crippen molar-refractivity contribution in [2.75, 3.05) is 26.2 Å². The monoisotopic (exact) mass is 344 g/mol. The Balaban J connectivity index is 1.41. The van der Waals surface area contributed by atoms with Gasteiger partial charge in [-0.05, 0) is 30.7 Å². The van der Waals surface area contributed by atoms with Gasteiger partial charge < -0.3 is 9.80 Å². The number of aromatic nitrogens is 2. The van der Waals surface area contributed by atoms with Crippen molar-refractivity contribution in [1.29, 1.82) is 0 Å². The van der Waals surface area contributed by atoms with Crippen LogP contribution in [0.2, 0.25) is 0 Å². The Labute approximate surface area is 144 Å². The summed E-state index contributed by atoms with van der Waals surface area (Å²) in [6.45, 7) is 3.25. The summed E-state index contributed by atoms with van der Waals surface area (Å²) in [6, 6.07) is 3.74. The number of fused-ring (bicyclic) bond motifs is 1. The van der Waals surface area contributed by atoms with Crippen molar-refractivity contribution in [3.63, 3.8) is 0 Å². The van der Waals surface area contributed by atoms with E-state index in [1.54, 1.807) is 6.20 Å². The Hall–Kier alpha value is -2.15. The third-order valence-corrected chi connectivity index (χ3v) is 5.66. The van der Waals surface area contributed by atoms with Crippen LogP contribution in [0.25, 0.3) is 0 Å². The average Bonchev–Trinajstić information content (AvgIpc) is 3.30. The lowest BCUT2D eigenvalue weighted by atomic mass is 10.1. The van der Waals surface area contributed by atoms with Gasteiger partial charge in [0.2, 0.25) is 0 Å². The van der Waals surface area contributed by atoms with E-state index in [4.69, 9.17) is 0 Å². The van der Waals surface area contributed by atoms with Gasteiger partial charge in [-0.2, -0.15) is 5.10 Å². The van der Waals surface area contributed by atoms with Crippen LogP contribution in [0.1, 0.15) is 38.6 Å². The quantitative estimate of drug-likeness (QED) is 0.836. The van der Waals surface area contributed by atoms with Crippen molar-refractivity contribution < 1.29 is 9.59 Å². The van der Waals surface area contributed by atoms with Crippen molar-refractivity contribution in [3.05, 3.63) is 39.8 Å². The second-order valence-corrected chi connectivity index (χ2v) is 7.19. The van der Waals surface area contributed by atoms with Gasteiger partial charge in [0.25, 0.3) is 11.8 Å². The van der Waals surface area contributed by atoms with Gasteiger partial charge in [-0.15, -0.1) is 11.3 Å². The van der Waals surface area contributed by atoms with Gasteiger partial charge in [0, 0.05) is 32.7 Å². The van der Waals surface area contributed by atoms with Crippen molar-refractivity contribution in [2.24, 2.45) is 0 Å². The first kappa shape index (κ1) is 15.4. The zero-order valence-electron chi connectivity index (χ0n) is 13.5. The molecule has 2 aromatic rings. The van der Waals surface area contributed by atoms with E-state index in [0.29, 0.717) is 26.2 Å². The third-order valence-electron chi connectivity index (χ3n) is 4.80. The molecule has 4 rings (SSSR count). The zero-order valence-corrected chi connectivity index (χ0v) is 14.3. The number of aryl methyl sites for hydroxylation is 1. The SMILES string of the molecule is O=C(c1cccs1)N1CCN(C(=O)c2cnn3c2CCCC3)CC1. The number of amides is 2. The standard InChI is InChI=1S/C17H20N4O2S/c22-16(13-12-18-21-6-2-1-4-14(13)21)19-7-9-20(10-8-19)17(23)15-5-3-11-24-15/h3,5,11-12H,1-2,4,6-10H2. The average molecular weight is 344 g/mol. The smallest absolute Gasteiger partial charge is 0.264 e. The lowest BCUT2D eigenvalue weighted by molar-refractivity contribution is 0.0537. The number of rotatable bonds is 2. The molecule has 2 aliphatic rings. The highest BCUT2D eigenvalue weighted by Gasteiger charge is 2.28. The molecule has 0 radical (unpaired) electrons. The molecule has 0 N–H and O–H groups in total. The van der Waals surface area contributed by atoms with Gasteiger partial charge >= 0.3 is 0 Å². The summed E-state index contributed by atoms with van der Waals surface area (Å²) >= 11 is 1.46. The minimum atomic E-state index is 0.0568. The fraction of sp³-hybridized carbons (Fsp3) is 0.471. The summed E-state index contributed by atoms with van der Waals surface area (Å²) in [5.41, 5.74) is 1.82.